The van der Waals surface area contributed by atoms with Gasteiger partial charge in [0.2, 0.25) is 0 Å². The van der Waals surface area contributed by atoms with E-state index < -0.39 is 18.4 Å². The van der Waals surface area contributed by atoms with Crippen LogP contribution in [0.25, 0.3) is 0 Å². The van der Waals surface area contributed by atoms with Gasteiger partial charge >= 0.3 is 167 Å². The first-order valence-corrected chi connectivity index (χ1v) is 18.2. The SMILES string of the molecule is C=C(C)/C(C#Cc1ccccc1)=[CH]\[Sn]([CH2]CCC)([CH2]CCC)[CH2]CCC. The molecule has 0 fully saturated rings. The number of benzene rings is 1. The van der Waals surface area contributed by atoms with Crippen LogP contribution >= 0.6 is 0 Å². The molecule has 1 aromatic carbocycles. The second-order valence-corrected chi connectivity index (χ2v) is 20.5. The second-order valence-electron chi connectivity index (χ2n) is 7.63. The summed E-state index contributed by atoms with van der Waals surface area (Å²) >= 11 is -2.33. The monoisotopic (exact) mass is 458 g/mol. The number of hydrogen-bond acceptors (Lipinski definition) is 0. The van der Waals surface area contributed by atoms with E-state index in [1.807, 2.05) is 6.07 Å². The van der Waals surface area contributed by atoms with Crippen LogP contribution in [0.4, 0.5) is 0 Å². The zero-order valence-electron chi connectivity index (χ0n) is 17.5. The van der Waals surface area contributed by atoms with Crippen LogP contribution in [0.5, 0.6) is 0 Å². The zero-order valence-corrected chi connectivity index (χ0v) is 20.4. The fraction of sp³-hybridized carbons (Fsp3) is 0.520. The molecule has 0 heterocycles. The Morgan fingerprint density at radius 3 is 1.85 bits per heavy atom. The molecule has 0 unspecified atom stereocenters. The van der Waals surface area contributed by atoms with E-state index >= 15 is 0 Å². The quantitative estimate of drug-likeness (QED) is 0.180. The first-order chi connectivity index (χ1) is 12.6. The van der Waals surface area contributed by atoms with Crippen LogP contribution in [0.1, 0.15) is 71.8 Å². The average molecular weight is 457 g/mol. The molecule has 142 valence electrons. The molecular formula is C25H38Sn. The van der Waals surface area contributed by atoms with Gasteiger partial charge in [0.15, 0.2) is 0 Å². The van der Waals surface area contributed by atoms with Crippen LogP contribution in [0.3, 0.4) is 0 Å². The molecule has 0 saturated carbocycles. The molecule has 0 saturated heterocycles. The molecule has 0 radical (unpaired) electrons. The van der Waals surface area contributed by atoms with Crippen LogP contribution in [0.15, 0.2) is 52.1 Å². The Morgan fingerprint density at radius 2 is 1.42 bits per heavy atom. The molecule has 26 heavy (non-hydrogen) atoms. The summed E-state index contributed by atoms with van der Waals surface area (Å²) in [4.78, 5) is 0. The third kappa shape index (κ3) is 8.63. The standard InChI is InChI=1S/C13H11.3C4H9.Sn/c1-11(2)12(3)9-10-13-7-5-4-6-8-13;3*1-3-4-2;/h3-8H,1H2,2H3;3*1,3-4H2,2H3;. The van der Waals surface area contributed by atoms with Crippen molar-refractivity contribution in [1.82, 2.24) is 0 Å². The van der Waals surface area contributed by atoms with Crippen molar-refractivity contribution < 1.29 is 0 Å². The molecule has 0 aliphatic rings. The predicted octanol–water partition coefficient (Wildman–Crippen LogP) is 7.93. The Morgan fingerprint density at radius 1 is 0.923 bits per heavy atom. The minimum atomic E-state index is -2.33. The van der Waals surface area contributed by atoms with Gasteiger partial charge in [-0.15, -0.1) is 0 Å². The van der Waals surface area contributed by atoms with Gasteiger partial charge in [-0.3, -0.25) is 0 Å². The maximum atomic E-state index is 4.26. The van der Waals surface area contributed by atoms with Gasteiger partial charge in [0.1, 0.15) is 0 Å². The molecule has 1 aromatic rings. The van der Waals surface area contributed by atoms with Crippen LogP contribution in [-0.4, -0.2) is 18.4 Å². The third-order valence-electron chi connectivity index (χ3n) is 5.11. The van der Waals surface area contributed by atoms with E-state index in [2.05, 4.69) is 74.5 Å². The topological polar surface area (TPSA) is 0 Å². The summed E-state index contributed by atoms with van der Waals surface area (Å²) in [6.07, 6.45) is 8.08. The molecule has 0 N–H and O–H groups in total. The predicted molar refractivity (Wildman–Crippen MR) is 121 cm³/mol. The molecule has 0 amide bonds. The Labute approximate surface area is 167 Å². The van der Waals surface area contributed by atoms with Gasteiger partial charge in [0.05, 0.1) is 0 Å². The molecule has 0 nitrogen and oxygen atoms in total. The summed E-state index contributed by atoms with van der Waals surface area (Å²) in [5.74, 6) is 6.86. The molecule has 0 atom stereocenters. The van der Waals surface area contributed by atoms with E-state index in [1.54, 1.807) is 0 Å². The first kappa shape index (κ1) is 23.1. The van der Waals surface area contributed by atoms with E-state index in [0.29, 0.717) is 0 Å². The van der Waals surface area contributed by atoms with E-state index in [9.17, 15) is 0 Å². The normalized spacial score (nSPS) is 11.8. The van der Waals surface area contributed by atoms with Crippen molar-refractivity contribution in [1.29, 1.82) is 0 Å². The molecular weight excluding hydrogens is 419 g/mol. The van der Waals surface area contributed by atoms with Gasteiger partial charge in [-0.1, -0.05) is 0 Å². The van der Waals surface area contributed by atoms with Gasteiger partial charge in [-0.25, -0.2) is 0 Å². The Balaban J connectivity index is 3.23. The summed E-state index contributed by atoms with van der Waals surface area (Å²) in [5, 5.41) is 0. The van der Waals surface area contributed by atoms with Crippen LogP contribution in [-0.2, 0) is 0 Å². The molecule has 0 aromatic heterocycles. The number of hydrogen-bond donors (Lipinski definition) is 0. The Kier molecular flexibility index (Phi) is 11.8. The van der Waals surface area contributed by atoms with E-state index in [4.69, 9.17) is 0 Å². The number of rotatable bonds is 11. The molecule has 0 spiro atoms. The van der Waals surface area contributed by atoms with Gasteiger partial charge in [0.25, 0.3) is 0 Å². The van der Waals surface area contributed by atoms with Crippen molar-refractivity contribution in [2.24, 2.45) is 0 Å². The maximum absolute atomic E-state index is 4.26. The van der Waals surface area contributed by atoms with Crippen molar-refractivity contribution in [3.8, 4) is 11.8 Å². The third-order valence-corrected chi connectivity index (χ3v) is 19.2. The van der Waals surface area contributed by atoms with E-state index in [-0.39, 0.29) is 0 Å². The molecule has 0 aliphatic carbocycles. The average Bonchev–Trinajstić information content (AvgIpc) is 2.66. The van der Waals surface area contributed by atoms with Crippen LogP contribution in [0.2, 0.25) is 13.3 Å². The van der Waals surface area contributed by atoms with Crippen molar-refractivity contribution in [2.75, 3.05) is 0 Å². The fourth-order valence-corrected chi connectivity index (χ4v) is 18.5. The molecule has 1 heteroatoms. The summed E-state index contributed by atoms with van der Waals surface area (Å²) in [6.45, 7) is 13.4. The summed E-state index contributed by atoms with van der Waals surface area (Å²) in [5.41, 5.74) is 3.46. The second kappa shape index (κ2) is 13.3. The molecule has 0 bridgehead atoms. The van der Waals surface area contributed by atoms with Crippen LogP contribution < -0.4 is 0 Å². The van der Waals surface area contributed by atoms with Crippen LogP contribution in [0, 0.1) is 11.8 Å². The van der Waals surface area contributed by atoms with Crippen molar-refractivity contribution in [3.63, 3.8) is 0 Å². The van der Waals surface area contributed by atoms with Gasteiger partial charge in [0, 0.05) is 0 Å². The fourth-order valence-electron chi connectivity index (χ4n) is 3.41. The number of allylic oxidation sites excluding steroid dienone is 2. The van der Waals surface area contributed by atoms with Crippen molar-refractivity contribution in [3.05, 3.63) is 57.7 Å². The Bertz CT molecular complexity index is 591. The van der Waals surface area contributed by atoms with E-state index in [1.165, 1.54) is 57.4 Å². The Hall–Kier alpha value is -0.941. The summed E-state index contributed by atoms with van der Waals surface area (Å²) in [7, 11) is 0. The number of unbranched alkanes of at least 4 members (excludes halogenated alkanes) is 3. The molecule has 0 aliphatic heterocycles. The van der Waals surface area contributed by atoms with Crippen molar-refractivity contribution >= 4 is 18.4 Å². The molecule has 1 rings (SSSR count). The minimum absolute atomic E-state index is 1.09. The summed E-state index contributed by atoms with van der Waals surface area (Å²) in [6, 6.07) is 10.3. The zero-order chi connectivity index (χ0) is 19.3. The summed E-state index contributed by atoms with van der Waals surface area (Å²) < 4.78 is 7.15. The van der Waals surface area contributed by atoms with Gasteiger partial charge in [-0.2, -0.15) is 0 Å². The van der Waals surface area contributed by atoms with Gasteiger partial charge in [-0.05, 0) is 0 Å². The first-order valence-electron chi connectivity index (χ1n) is 10.5. The van der Waals surface area contributed by atoms with Crippen molar-refractivity contribution in [2.45, 2.75) is 79.5 Å². The van der Waals surface area contributed by atoms with E-state index in [0.717, 1.165) is 11.1 Å². The van der Waals surface area contributed by atoms with Gasteiger partial charge < -0.3 is 0 Å².